The first-order valence-electron chi connectivity index (χ1n) is 9.79. The van der Waals surface area contributed by atoms with Gasteiger partial charge in [-0.25, -0.2) is 8.42 Å². The highest BCUT2D eigenvalue weighted by Gasteiger charge is 2.24. The molecule has 34 heavy (non-hydrogen) atoms. The highest BCUT2D eigenvalue weighted by Crippen LogP contribution is 2.31. The maximum absolute atomic E-state index is 13.4. The van der Waals surface area contributed by atoms with Crippen LogP contribution < -0.4 is 10.3 Å². The van der Waals surface area contributed by atoms with E-state index < -0.39 is 20.3 Å². The van der Waals surface area contributed by atoms with Crippen LogP contribution in [0.25, 0.3) is 11.7 Å². The molecular weight excluding hydrogens is 497 g/mol. The quantitative estimate of drug-likeness (QED) is 0.330. The van der Waals surface area contributed by atoms with Gasteiger partial charge in [0.05, 0.1) is 9.92 Å². The topological polar surface area (TPSA) is 102 Å². The maximum atomic E-state index is 13.4. The zero-order valence-corrected chi connectivity index (χ0v) is 19.9. The molecule has 0 unspecified atom stereocenters. The van der Waals surface area contributed by atoms with Crippen molar-refractivity contribution >= 4 is 44.8 Å². The number of para-hydroxylation sites is 1. The molecule has 0 spiro atoms. The Labute approximate surface area is 205 Å². The molecule has 4 rings (SSSR count). The highest BCUT2D eigenvalue weighted by atomic mass is 35.5. The molecule has 0 saturated heterocycles. The number of aryl methyl sites for hydroxylation is 1. The van der Waals surface area contributed by atoms with Crippen LogP contribution >= 0.6 is 23.2 Å². The van der Waals surface area contributed by atoms with E-state index in [1.54, 1.807) is 49.4 Å². The molecule has 7 nitrogen and oxygen atoms in total. The molecule has 0 aliphatic carbocycles. The molecule has 0 bridgehead atoms. The van der Waals surface area contributed by atoms with Crippen LogP contribution in [-0.4, -0.2) is 17.8 Å². The number of ether oxygens (including phenoxy) is 1. The summed E-state index contributed by atoms with van der Waals surface area (Å²) < 4.78 is 33.3. The van der Waals surface area contributed by atoms with E-state index in [-0.39, 0.29) is 27.1 Å². The molecule has 4 aromatic rings. The lowest BCUT2D eigenvalue weighted by molar-refractivity contribution is 0.461. The van der Waals surface area contributed by atoms with E-state index in [2.05, 4.69) is 4.98 Å². The van der Waals surface area contributed by atoms with E-state index in [1.165, 1.54) is 34.9 Å². The Hall–Kier alpha value is -3.64. The Morgan fingerprint density at radius 2 is 1.79 bits per heavy atom. The fourth-order valence-electron chi connectivity index (χ4n) is 3.17. The number of aromatic nitrogens is 2. The zero-order chi connectivity index (χ0) is 24.5. The van der Waals surface area contributed by atoms with Gasteiger partial charge in [-0.05, 0) is 61.0 Å². The van der Waals surface area contributed by atoms with Gasteiger partial charge >= 0.3 is 0 Å². The Bertz CT molecular complexity index is 1650. The molecule has 10 heteroatoms. The third kappa shape index (κ3) is 4.41. The third-order valence-corrected chi connectivity index (χ3v) is 7.14. The average molecular weight is 512 g/mol. The van der Waals surface area contributed by atoms with E-state index in [0.29, 0.717) is 16.2 Å². The number of allylic oxidation sites excluding steroid dienone is 1. The molecule has 0 atom stereocenters. The van der Waals surface area contributed by atoms with E-state index in [1.807, 2.05) is 0 Å². The summed E-state index contributed by atoms with van der Waals surface area (Å²) in [5.41, 5.74) is 0.158. The number of nitriles is 1. The van der Waals surface area contributed by atoms with Gasteiger partial charge in [-0.15, -0.1) is 0 Å². The summed E-state index contributed by atoms with van der Waals surface area (Å²) in [6.07, 6.45) is 2.45. The monoisotopic (exact) mass is 511 g/mol. The van der Waals surface area contributed by atoms with Crippen molar-refractivity contribution < 1.29 is 13.2 Å². The molecule has 0 fully saturated rings. The second-order valence-electron chi connectivity index (χ2n) is 7.13. The van der Waals surface area contributed by atoms with Gasteiger partial charge in [-0.1, -0.05) is 41.4 Å². The standard InChI is InChI=1S/C24H15Cl2N3O4S/c1-15-5-4-12-29-22(15)28-23(33-21-7-3-2-6-20(21)26)19(24(29)30)13-18(14-27)34(31,32)17-10-8-16(25)9-11-17/h2-13H,1H3/b18-13+. The van der Waals surface area contributed by atoms with Crippen LogP contribution in [0, 0.1) is 18.3 Å². The van der Waals surface area contributed by atoms with Crippen molar-refractivity contribution in [1.82, 2.24) is 9.38 Å². The molecular formula is C24H15Cl2N3O4S. The lowest BCUT2D eigenvalue weighted by Gasteiger charge is -2.12. The Kier molecular flexibility index (Phi) is 6.44. The highest BCUT2D eigenvalue weighted by molar-refractivity contribution is 7.95. The summed E-state index contributed by atoms with van der Waals surface area (Å²) in [6.45, 7) is 1.77. The van der Waals surface area contributed by atoms with Gasteiger partial charge in [0.15, 0.2) is 0 Å². The Balaban J connectivity index is 1.98. The Morgan fingerprint density at radius 1 is 1.09 bits per heavy atom. The fourth-order valence-corrected chi connectivity index (χ4v) is 4.61. The molecule has 0 aliphatic heterocycles. The van der Waals surface area contributed by atoms with E-state index >= 15 is 0 Å². The second kappa shape index (κ2) is 9.31. The van der Waals surface area contributed by atoms with Crippen molar-refractivity contribution in [2.75, 3.05) is 0 Å². The summed E-state index contributed by atoms with van der Waals surface area (Å²) >= 11 is 12.1. The lowest BCUT2D eigenvalue weighted by atomic mass is 10.2. The van der Waals surface area contributed by atoms with Gasteiger partial charge in [0, 0.05) is 11.2 Å². The van der Waals surface area contributed by atoms with Crippen LogP contribution in [0.3, 0.4) is 0 Å². The number of hydrogen-bond donors (Lipinski definition) is 0. The number of halogens is 2. The minimum Gasteiger partial charge on any atom is -0.437 e. The first kappa shape index (κ1) is 23.5. The molecule has 2 heterocycles. The average Bonchev–Trinajstić information content (AvgIpc) is 2.81. The van der Waals surface area contributed by atoms with Crippen LogP contribution in [0.5, 0.6) is 11.6 Å². The van der Waals surface area contributed by atoms with Crippen LogP contribution in [0.15, 0.2) is 81.5 Å². The van der Waals surface area contributed by atoms with Gasteiger partial charge < -0.3 is 4.74 Å². The predicted octanol–water partition coefficient (Wildman–Crippen LogP) is 5.44. The second-order valence-corrected chi connectivity index (χ2v) is 9.89. The predicted molar refractivity (Wildman–Crippen MR) is 130 cm³/mol. The third-order valence-electron chi connectivity index (χ3n) is 4.89. The summed E-state index contributed by atoms with van der Waals surface area (Å²) in [5.74, 6) is 0.0224. The number of hydrogen-bond acceptors (Lipinski definition) is 6. The molecule has 2 aromatic heterocycles. The zero-order valence-electron chi connectivity index (χ0n) is 17.6. The summed E-state index contributed by atoms with van der Waals surface area (Å²) in [4.78, 5) is 17.0. The maximum Gasteiger partial charge on any atom is 0.269 e. The van der Waals surface area contributed by atoms with Crippen molar-refractivity contribution in [2.45, 2.75) is 11.8 Å². The van der Waals surface area contributed by atoms with Crippen LogP contribution in [-0.2, 0) is 9.84 Å². The number of fused-ring (bicyclic) bond motifs is 1. The van der Waals surface area contributed by atoms with Gasteiger partial charge in [0.2, 0.25) is 15.7 Å². The minimum atomic E-state index is -4.26. The first-order chi connectivity index (χ1) is 16.2. The van der Waals surface area contributed by atoms with Crippen molar-refractivity contribution in [3.8, 4) is 17.7 Å². The number of sulfone groups is 1. The normalized spacial score (nSPS) is 11.9. The number of benzene rings is 2. The molecule has 0 radical (unpaired) electrons. The number of rotatable bonds is 5. The van der Waals surface area contributed by atoms with Crippen LogP contribution in [0.2, 0.25) is 10.0 Å². The Morgan fingerprint density at radius 3 is 2.47 bits per heavy atom. The summed E-state index contributed by atoms with van der Waals surface area (Å²) in [5, 5.41) is 10.3. The van der Waals surface area contributed by atoms with E-state index in [4.69, 9.17) is 27.9 Å². The van der Waals surface area contributed by atoms with Crippen LogP contribution in [0.4, 0.5) is 0 Å². The van der Waals surface area contributed by atoms with Gasteiger partial charge in [-0.2, -0.15) is 10.2 Å². The minimum absolute atomic E-state index is 0.150. The van der Waals surface area contributed by atoms with Gasteiger partial charge in [-0.3, -0.25) is 9.20 Å². The van der Waals surface area contributed by atoms with Gasteiger partial charge in [0.1, 0.15) is 27.9 Å². The molecule has 170 valence electrons. The largest absolute Gasteiger partial charge is 0.437 e. The van der Waals surface area contributed by atoms with E-state index in [0.717, 1.165) is 6.08 Å². The van der Waals surface area contributed by atoms with Crippen LogP contribution in [0.1, 0.15) is 11.1 Å². The lowest BCUT2D eigenvalue weighted by Crippen LogP contribution is -2.20. The number of pyridine rings is 1. The fraction of sp³-hybridized carbons (Fsp3) is 0.0417. The van der Waals surface area contributed by atoms with Crippen molar-refractivity contribution in [3.63, 3.8) is 0 Å². The van der Waals surface area contributed by atoms with E-state index in [9.17, 15) is 18.5 Å². The van der Waals surface area contributed by atoms with Crippen molar-refractivity contribution in [3.05, 3.63) is 103 Å². The smallest absolute Gasteiger partial charge is 0.269 e. The molecule has 2 aromatic carbocycles. The van der Waals surface area contributed by atoms with Gasteiger partial charge in [0.25, 0.3) is 5.56 Å². The SMILES string of the molecule is Cc1cccn2c(=O)c(/C=C(\C#N)S(=O)(=O)c3ccc(Cl)cc3)c(Oc3ccccc3Cl)nc12. The van der Waals surface area contributed by atoms with Crippen molar-refractivity contribution in [1.29, 1.82) is 5.26 Å². The molecule has 0 N–H and O–H groups in total. The summed E-state index contributed by atoms with van der Waals surface area (Å²) in [7, 11) is -4.26. The molecule has 0 aliphatic rings. The first-order valence-corrected chi connectivity index (χ1v) is 12.0. The number of nitrogens with zero attached hydrogens (tertiary/aromatic N) is 3. The molecule has 0 amide bonds. The molecule has 0 saturated carbocycles. The van der Waals surface area contributed by atoms with Crippen molar-refractivity contribution in [2.24, 2.45) is 0 Å². The summed E-state index contributed by atoms with van der Waals surface area (Å²) in [6, 6.07) is 17.0.